The third kappa shape index (κ3) is 4.63. The Bertz CT molecular complexity index is 1090. The summed E-state index contributed by atoms with van der Waals surface area (Å²) in [4.78, 5) is 33.6. The zero-order valence-corrected chi connectivity index (χ0v) is 17.4. The van der Waals surface area contributed by atoms with Crippen LogP contribution in [0.25, 0.3) is 11.1 Å². The smallest absolute Gasteiger partial charge is 0.272 e. The molecule has 0 saturated carbocycles. The largest absolute Gasteiger partial charge is 0.344 e. The van der Waals surface area contributed by atoms with Crippen LogP contribution in [0, 0.1) is 11.7 Å². The van der Waals surface area contributed by atoms with E-state index in [0.717, 1.165) is 16.7 Å². The molecule has 1 aromatic heterocycles. The van der Waals surface area contributed by atoms with Crippen LogP contribution in [0.5, 0.6) is 0 Å². The molecular weight excluding hydrogens is 393 g/mol. The van der Waals surface area contributed by atoms with Crippen LogP contribution in [0.2, 0.25) is 0 Å². The molecule has 5 nitrogen and oxygen atoms in total. The van der Waals surface area contributed by atoms with Gasteiger partial charge in [0.25, 0.3) is 5.91 Å². The van der Waals surface area contributed by atoms with Crippen molar-refractivity contribution in [2.24, 2.45) is 5.92 Å². The van der Waals surface area contributed by atoms with E-state index in [1.54, 1.807) is 47.3 Å². The lowest BCUT2D eigenvalue weighted by Gasteiger charge is -2.24. The number of carbonyl (C=O) groups excluding carboxylic acids is 2. The molecule has 1 aliphatic rings. The topological polar surface area (TPSA) is 53.5 Å². The Balaban J connectivity index is 1.62. The van der Waals surface area contributed by atoms with Gasteiger partial charge in [-0.3, -0.25) is 14.6 Å². The second kappa shape index (κ2) is 9.08. The molecule has 6 heteroatoms. The number of aromatic nitrogens is 1. The Kier molecular flexibility index (Phi) is 6.07. The van der Waals surface area contributed by atoms with Crippen molar-refractivity contribution in [1.29, 1.82) is 0 Å². The van der Waals surface area contributed by atoms with Crippen LogP contribution in [0.3, 0.4) is 0 Å². The van der Waals surface area contributed by atoms with Crippen molar-refractivity contribution >= 4 is 11.8 Å². The molecule has 31 heavy (non-hydrogen) atoms. The number of amides is 2. The molecule has 0 radical (unpaired) electrons. The van der Waals surface area contributed by atoms with Gasteiger partial charge in [-0.15, -0.1) is 0 Å². The molecule has 0 bridgehead atoms. The summed E-state index contributed by atoms with van der Waals surface area (Å²) in [6, 6.07) is 19.4. The first-order valence-electron chi connectivity index (χ1n) is 10.3. The van der Waals surface area contributed by atoms with Crippen molar-refractivity contribution < 1.29 is 14.0 Å². The van der Waals surface area contributed by atoms with Crippen molar-refractivity contribution in [3.63, 3.8) is 0 Å². The lowest BCUT2D eigenvalue weighted by molar-refractivity contribution is -0.133. The van der Waals surface area contributed by atoms with E-state index in [4.69, 9.17) is 0 Å². The minimum absolute atomic E-state index is 0.00497. The Morgan fingerprint density at radius 2 is 1.87 bits per heavy atom. The van der Waals surface area contributed by atoms with Gasteiger partial charge in [0.15, 0.2) is 0 Å². The van der Waals surface area contributed by atoms with Gasteiger partial charge in [-0.25, -0.2) is 4.39 Å². The highest BCUT2D eigenvalue weighted by atomic mass is 19.1. The van der Waals surface area contributed by atoms with E-state index in [2.05, 4.69) is 4.98 Å². The maximum absolute atomic E-state index is 13.8. The molecule has 0 unspecified atom stereocenters. The predicted molar refractivity (Wildman–Crippen MR) is 117 cm³/mol. The molecule has 1 atom stereocenters. The first kappa shape index (κ1) is 20.7. The number of likely N-dealkylation sites (N-methyl/N-ethyl adjacent to an activating group) is 1. The van der Waals surface area contributed by atoms with Crippen LogP contribution in [0.1, 0.15) is 16.1 Å². The lowest BCUT2D eigenvalue weighted by atomic mass is 9.91. The van der Waals surface area contributed by atoms with Gasteiger partial charge < -0.3 is 9.80 Å². The van der Waals surface area contributed by atoms with E-state index in [1.165, 1.54) is 12.1 Å². The quantitative estimate of drug-likeness (QED) is 0.651. The average molecular weight is 417 g/mol. The van der Waals surface area contributed by atoms with Gasteiger partial charge in [-0.1, -0.05) is 42.5 Å². The normalized spacial score (nSPS) is 16.8. The molecular formula is C25H24FN3O2. The van der Waals surface area contributed by atoms with Gasteiger partial charge in [-0.05, 0) is 47.4 Å². The number of rotatable bonds is 4. The van der Waals surface area contributed by atoms with Crippen LogP contribution < -0.4 is 0 Å². The van der Waals surface area contributed by atoms with Gasteiger partial charge >= 0.3 is 0 Å². The van der Waals surface area contributed by atoms with Crippen molar-refractivity contribution in [3.8, 4) is 11.1 Å². The number of hydrogen-bond acceptors (Lipinski definition) is 3. The maximum Gasteiger partial charge on any atom is 0.272 e. The summed E-state index contributed by atoms with van der Waals surface area (Å²) in [5.41, 5.74) is 2.99. The fourth-order valence-electron chi connectivity index (χ4n) is 4.02. The minimum Gasteiger partial charge on any atom is -0.344 e. The highest BCUT2D eigenvalue weighted by Crippen LogP contribution is 2.27. The van der Waals surface area contributed by atoms with Crippen molar-refractivity contribution in [2.45, 2.75) is 6.42 Å². The van der Waals surface area contributed by atoms with E-state index in [1.807, 2.05) is 30.3 Å². The summed E-state index contributed by atoms with van der Waals surface area (Å²) in [5, 5.41) is 0. The van der Waals surface area contributed by atoms with Crippen LogP contribution in [-0.4, -0.2) is 53.3 Å². The van der Waals surface area contributed by atoms with Crippen LogP contribution in [0.15, 0.2) is 72.9 Å². The van der Waals surface area contributed by atoms with E-state index in [-0.39, 0.29) is 17.6 Å². The molecule has 3 aromatic rings. The van der Waals surface area contributed by atoms with Crippen LogP contribution in [-0.2, 0) is 11.2 Å². The molecule has 0 N–H and O–H groups in total. The monoisotopic (exact) mass is 417 g/mol. The van der Waals surface area contributed by atoms with Gasteiger partial charge in [0.2, 0.25) is 5.91 Å². The van der Waals surface area contributed by atoms with Gasteiger partial charge in [0, 0.05) is 32.9 Å². The molecule has 0 spiro atoms. The molecule has 158 valence electrons. The Morgan fingerprint density at radius 3 is 2.65 bits per heavy atom. The number of halogens is 1. The van der Waals surface area contributed by atoms with E-state index < -0.39 is 5.92 Å². The third-order valence-corrected chi connectivity index (χ3v) is 5.66. The summed E-state index contributed by atoms with van der Waals surface area (Å²) in [6.07, 6.45) is 2.05. The summed E-state index contributed by atoms with van der Waals surface area (Å²) >= 11 is 0. The SMILES string of the molecule is CN1CCN(C(=O)c2ccccn2)C[C@@H](Cc2ccccc2-c2cccc(F)c2)C1=O. The van der Waals surface area contributed by atoms with Gasteiger partial charge in [0.05, 0.1) is 5.92 Å². The highest BCUT2D eigenvalue weighted by Gasteiger charge is 2.32. The van der Waals surface area contributed by atoms with Crippen molar-refractivity contribution in [3.05, 3.63) is 90.0 Å². The lowest BCUT2D eigenvalue weighted by Crippen LogP contribution is -2.37. The fourth-order valence-corrected chi connectivity index (χ4v) is 4.02. The molecule has 2 heterocycles. The Hall–Kier alpha value is -3.54. The number of hydrogen-bond donors (Lipinski definition) is 0. The summed E-state index contributed by atoms with van der Waals surface area (Å²) < 4.78 is 13.8. The van der Waals surface area contributed by atoms with Crippen molar-refractivity contribution in [1.82, 2.24) is 14.8 Å². The standard InChI is InChI=1S/C25H24FN3O2/c1-28-13-14-29(25(31)23-11-4-5-12-27-23)17-20(24(28)30)15-18-7-2-3-10-22(18)19-8-6-9-21(26)16-19/h2-12,16,20H,13-15,17H2,1H3/t20-/m1/s1. The molecule has 0 aliphatic carbocycles. The summed E-state index contributed by atoms with van der Waals surface area (Å²) in [7, 11) is 1.77. The second-order valence-corrected chi connectivity index (χ2v) is 7.79. The van der Waals surface area contributed by atoms with E-state index in [0.29, 0.717) is 31.7 Å². The molecule has 1 aliphatic heterocycles. The summed E-state index contributed by atoms with van der Waals surface area (Å²) in [5.74, 6) is -0.864. The van der Waals surface area contributed by atoms with E-state index in [9.17, 15) is 14.0 Å². The summed E-state index contributed by atoms with van der Waals surface area (Å²) in [6.45, 7) is 1.25. The molecule has 4 rings (SSSR count). The first-order chi connectivity index (χ1) is 15.0. The van der Waals surface area contributed by atoms with Crippen LogP contribution >= 0.6 is 0 Å². The number of pyridine rings is 1. The zero-order chi connectivity index (χ0) is 21.8. The molecule has 1 fully saturated rings. The maximum atomic E-state index is 13.8. The van der Waals surface area contributed by atoms with Gasteiger partial charge in [-0.2, -0.15) is 0 Å². The number of nitrogens with zero attached hydrogens (tertiary/aromatic N) is 3. The predicted octanol–water partition coefficient (Wildman–Crippen LogP) is 3.66. The Morgan fingerprint density at radius 1 is 1.06 bits per heavy atom. The second-order valence-electron chi connectivity index (χ2n) is 7.79. The molecule has 2 amide bonds. The zero-order valence-electron chi connectivity index (χ0n) is 17.4. The first-order valence-corrected chi connectivity index (χ1v) is 10.3. The third-order valence-electron chi connectivity index (χ3n) is 5.66. The molecule has 2 aromatic carbocycles. The minimum atomic E-state index is -0.394. The van der Waals surface area contributed by atoms with Crippen LogP contribution in [0.4, 0.5) is 4.39 Å². The fraction of sp³-hybridized carbons (Fsp3) is 0.240. The molecule has 1 saturated heterocycles. The van der Waals surface area contributed by atoms with Gasteiger partial charge in [0.1, 0.15) is 11.5 Å². The van der Waals surface area contributed by atoms with E-state index >= 15 is 0 Å². The Labute approximate surface area is 181 Å². The number of benzene rings is 2. The highest BCUT2D eigenvalue weighted by molar-refractivity contribution is 5.93. The van der Waals surface area contributed by atoms with Crippen molar-refractivity contribution in [2.75, 3.05) is 26.7 Å². The number of carbonyl (C=O) groups is 2. The average Bonchev–Trinajstić information content (AvgIpc) is 2.93.